The second kappa shape index (κ2) is 3.65. The lowest BCUT2D eigenvalue weighted by atomic mass is 10.3. The maximum atomic E-state index is 10.9. The van der Waals surface area contributed by atoms with Crippen molar-refractivity contribution in [3.8, 4) is 0 Å². The number of carbonyl (C=O) groups is 1. The molecule has 14 heavy (non-hydrogen) atoms. The van der Waals surface area contributed by atoms with Crippen molar-refractivity contribution in [2.75, 3.05) is 0 Å². The van der Waals surface area contributed by atoms with Crippen LogP contribution in [0.3, 0.4) is 0 Å². The molecule has 0 spiro atoms. The zero-order valence-electron chi connectivity index (χ0n) is 7.77. The van der Waals surface area contributed by atoms with Gasteiger partial charge in [-0.3, -0.25) is 4.79 Å². The summed E-state index contributed by atoms with van der Waals surface area (Å²) < 4.78 is 5.11. The Morgan fingerprint density at radius 2 is 2.50 bits per heavy atom. The normalized spacial score (nSPS) is 18.1. The minimum absolute atomic E-state index is 0.296. The van der Waals surface area contributed by atoms with Crippen LogP contribution in [-0.4, -0.2) is 21.3 Å². The van der Waals surface area contributed by atoms with E-state index in [0.717, 1.165) is 18.5 Å². The molecule has 1 fully saturated rings. The second-order valence-corrected chi connectivity index (χ2v) is 4.56. The quantitative estimate of drug-likeness (QED) is 0.774. The largest absolute Gasteiger partial charge is 0.480 e. The molecule has 1 aliphatic rings. The lowest BCUT2D eigenvalue weighted by Crippen LogP contribution is -2.18. The summed E-state index contributed by atoms with van der Waals surface area (Å²) in [5.41, 5.74) is 0.785. The van der Waals surface area contributed by atoms with E-state index in [-0.39, 0.29) is 0 Å². The number of thioether (sulfide) groups is 1. The molecule has 5 heteroatoms. The van der Waals surface area contributed by atoms with Crippen LogP contribution in [0, 0.1) is 12.8 Å². The Balaban J connectivity index is 2.03. The van der Waals surface area contributed by atoms with Crippen molar-refractivity contribution in [3.05, 3.63) is 12.0 Å². The van der Waals surface area contributed by atoms with Gasteiger partial charge in [0.05, 0.1) is 5.69 Å². The molecule has 0 amide bonds. The summed E-state index contributed by atoms with van der Waals surface area (Å²) >= 11 is 1.21. The minimum atomic E-state index is -0.770. The van der Waals surface area contributed by atoms with Gasteiger partial charge in [-0.05, 0) is 25.7 Å². The Labute approximate surface area is 85.7 Å². The topological polar surface area (TPSA) is 63.3 Å². The van der Waals surface area contributed by atoms with Gasteiger partial charge in [0.2, 0.25) is 0 Å². The van der Waals surface area contributed by atoms with Gasteiger partial charge in [0.1, 0.15) is 11.5 Å². The first-order chi connectivity index (χ1) is 6.66. The molecule has 1 aliphatic carbocycles. The van der Waals surface area contributed by atoms with Crippen molar-refractivity contribution in [1.82, 2.24) is 4.98 Å². The van der Waals surface area contributed by atoms with Crippen molar-refractivity contribution in [2.45, 2.75) is 30.2 Å². The van der Waals surface area contributed by atoms with E-state index < -0.39 is 11.2 Å². The highest BCUT2D eigenvalue weighted by molar-refractivity contribution is 8.00. The molecule has 0 radical (unpaired) electrons. The number of aryl methyl sites for hydroxylation is 1. The van der Waals surface area contributed by atoms with Crippen molar-refractivity contribution < 1.29 is 14.3 Å². The fourth-order valence-electron chi connectivity index (χ4n) is 1.24. The first-order valence-corrected chi connectivity index (χ1v) is 5.36. The Kier molecular flexibility index (Phi) is 2.50. The third kappa shape index (κ3) is 2.09. The van der Waals surface area contributed by atoms with Gasteiger partial charge in [-0.2, -0.15) is 0 Å². The second-order valence-electron chi connectivity index (χ2n) is 3.47. The molecule has 0 aliphatic heterocycles. The van der Waals surface area contributed by atoms with Gasteiger partial charge >= 0.3 is 5.97 Å². The number of aromatic nitrogens is 1. The molecular formula is C9H11NO3S. The lowest BCUT2D eigenvalue weighted by Gasteiger charge is -2.06. The third-order valence-corrected chi connectivity index (χ3v) is 3.35. The summed E-state index contributed by atoms with van der Waals surface area (Å²) in [4.78, 5) is 15.0. The van der Waals surface area contributed by atoms with Gasteiger partial charge in [0.25, 0.3) is 5.22 Å². The standard InChI is InChI=1S/C9H11NO3S/c1-5-4-13-9(10-5)14-7(8(11)12)6-2-3-6/h4,6-7H,2-3H2,1H3,(H,11,12). The van der Waals surface area contributed by atoms with E-state index in [1.54, 1.807) is 0 Å². The molecule has 1 heterocycles. The summed E-state index contributed by atoms with van der Waals surface area (Å²) in [5.74, 6) is -0.474. The number of hydrogen-bond acceptors (Lipinski definition) is 4. The van der Waals surface area contributed by atoms with Crippen LogP contribution in [0.25, 0.3) is 0 Å². The maximum Gasteiger partial charge on any atom is 0.317 e. The summed E-state index contributed by atoms with van der Waals surface area (Å²) in [6, 6.07) is 0. The van der Waals surface area contributed by atoms with Crippen molar-refractivity contribution in [2.24, 2.45) is 5.92 Å². The van der Waals surface area contributed by atoms with Crippen LogP contribution in [0.5, 0.6) is 0 Å². The predicted molar refractivity (Wildman–Crippen MR) is 51.2 cm³/mol. The van der Waals surface area contributed by atoms with Crippen LogP contribution in [0.15, 0.2) is 15.9 Å². The molecule has 1 unspecified atom stereocenters. The number of aliphatic carboxylic acids is 1. The Hall–Kier alpha value is -0.970. The SMILES string of the molecule is Cc1coc(SC(C(=O)O)C2CC2)n1. The third-order valence-electron chi connectivity index (χ3n) is 2.12. The summed E-state index contributed by atoms with van der Waals surface area (Å²) in [6.45, 7) is 1.82. The molecule has 1 aromatic heterocycles. The van der Waals surface area contributed by atoms with E-state index in [4.69, 9.17) is 9.52 Å². The smallest absolute Gasteiger partial charge is 0.317 e. The van der Waals surface area contributed by atoms with Crippen LogP contribution in [0.2, 0.25) is 0 Å². The highest BCUT2D eigenvalue weighted by Crippen LogP contribution is 2.41. The van der Waals surface area contributed by atoms with Crippen LogP contribution in [-0.2, 0) is 4.79 Å². The molecule has 0 bridgehead atoms. The number of carboxylic acids is 1. The Bertz CT molecular complexity index is 346. The van der Waals surface area contributed by atoms with Gasteiger partial charge in [-0.25, -0.2) is 4.98 Å². The van der Waals surface area contributed by atoms with Gasteiger partial charge < -0.3 is 9.52 Å². The van der Waals surface area contributed by atoms with E-state index >= 15 is 0 Å². The molecule has 76 valence electrons. The first kappa shape index (κ1) is 9.58. The minimum Gasteiger partial charge on any atom is -0.480 e. The molecule has 1 saturated carbocycles. The van der Waals surface area contributed by atoms with Crippen molar-refractivity contribution in [1.29, 1.82) is 0 Å². The molecule has 4 nitrogen and oxygen atoms in total. The van der Waals surface area contributed by atoms with Crippen LogP contribution in [0.4, 0.5) is 0 Å². The van der Waals surface area contributed by atoms with E-state index in [0.29, 0.717) is 11.1 Å². The Morgan fingerprint density at radius 1 is 1.79 bits per heavy atom. The fraction of sp³-hybridized carbons (Fsp3) is 0.556. The summed E-state index contributed by atoms with van der Waals surface area (Å²) in [6.07, 6.45) is 3.54. The van der Waals surface area contributed by atoms with Crippen molar-refractivity contribution in [3.63, 3.8) is 0 Å². The molecule has 1 aromatic rings. The number of carboxylic acid groups (broad SMARTS) is 1. The van der Waals surface area contributed by atoms with Crippen LogP contribution in [0.1, 0.15) is 18.5 Å². The summed E-state index contributed by atoms with van der Waals surface area (Å²) in [5, 5.41) is 9.03. The van der Waals surface area contributed by atoms with Crippen LogP contribution < -0.4 is 0 Å². The maximum absolute atomic E-state index is 10.9. The number of hydrogen-bond donors (Lipinski definition) is 1. The highest BCUT2D eigenvalue weighted by atomic mass is 32.2. The molecule has 2 rings (SSSR count). The highest BCUT2D eigenvalue weighted by Gasteiger charge is 2.38. The van der Waals surface area contributed by atoms with Crippen LogP contribution >= 0.6 is 11.8 Å². The fourth-order valence-corrected chi connectivity index (χ4v) is 2.33. The van der Waals surface area contributed by atoms with E-state index in [2.05, 4.69) is 4.98 Å². The average molecular weight is 213 g/mol. The number of rotatable bonds is 4. The molecule has 0 aromatic carbocycles. The monoisotopic (exact) mass is 213 g/mol. The Morgan fingerprint density at radius 3 is 2.93 bits per heavy atom. The number of oxazole rings is 1. The predicted octanol–water partition coefficient (Wildman–Crippen LogP) is 1.94. The molecule has 1 N–H and O–H groups in total. The van der Waals surface area contributed by atoms with Gasteiger partial charge in [-0.15, -0.1) is 0 Å². The lowest BCUT2D eigenvalue weighted by molar-refractivity contribution is -0.136. The van der Waals surface area contributed by atoms with E-state index in [1.807, 2.05) is 6.92 Å². The zero-order valence-corrected chi connectivity index (χ0v) is 8.58. The van der Waals surface area contributed by atoms with Gasteiger partial charge in [0.15, 0.2) is 0 Å². The summed E-state index contributed by atoms with van der Waals surface area (Å²) in [7, 11) is 0. The van der Waals surface area contributed by atoms with E-state index in [9.17, 15) is 4.79 Å². The van der Waals surface area contributed by atoms with Gasteiger partial charge in [0, 0.05) is 0 Å². The van der Waals surface area contributed by atoms with Crippen molar-refractivity contribution >= 4 is 17.7 Å². The van der Waals surface area contributed by atoms with E-state index in [1.165, 1.54) is 18.0 Å². The number of nitrogens with zero attached hydrogens (tertiary/aromatic N) is 1. The van der Waals surface area contributed by atoms with Gasteiger partial charge in [-0.1, -0.05) is 11.8 Å². The molecular weight excluding hydrogens is 202 g/mol. The molecule has 0 saturated heterocycles. The average Bonchev–Trinajstić information content (AvgIpc) is 2.86. The first-order valence-electron chi connectivity index (χ1n) is 4.48. The molecule has 1 atom stereocenters. The zero-order chi connectivity index (χ0) is 10.1.